The van der Waals surface area contributed by atoms with Crippen molar-refractivity contribution in [3.8, 4) is 0 Å². The van der Waals surface area contributed by atoms with Gasteiger partial charge in [0, 0.05) is 19.3 Å². The van der Waals surface area contributed by atoms with Gasteiger partial charge in [0.25, 0.3) is 0 Å². The quantitative estimate of drug-likeness (QED) is 0.161. The molecular weight excluding hydrogens is 447 g/mol. The van der Waals surface area contributed by atoms with Crippen LogP contribution in [-0.2, 0) is 22.1 Å². The SMILES string of the molecule is CCCCCCCCCCCCCC(=O)OCC1(COI)CCC(=O)O1. The van der Waals surface area contributed by atoms with Crippen LogP contribution in [0.5, 0.6) is 0 Å². The molecule has 0 bridgehead atoms. The van der Waals surface area contributed by atoms with Crippen LogP contribution in [0.15, 0.2) is 0 Å². The molecule has 1 rings (SSSR count). The van der Waals surface area contributed by atoms with E-state index < -0.39 is 5.60 Å². The first-order valence-corrected chi connectivity index (χ1v) is 11.1. The van der Waals surface area contributed by atoms with Crippen LogP contribution < -0.4 is 0 Å². The first-order chi connectivity index (χ1) is 12.6. The fraction of sp³-hybridized carbons (Fsp3) is 0.900. The molecule has 0 aromatic heterocycles. The summed E-state index contributed by atoms with van der Waals surface area (Å²) in [5.41, 5.74) is -0.787. The van der Waals surface area contributed by atoms with E-state index in [1.165, 1.54) is 57.8 Å². The number of hydrogen-bond acceptors (Lipinski definition) is 5. The maximum atomic E-state index is 11.9. The average molecular weight is 482 g/mol. The highest BCUT2D eigenvalue weighted by Gasteiger charge is 2.42. The summed E-state index contributed by atoms with van der Waals surface area (Å²) in [4.78, 5) is 23.2. The largest absolute Gasteiger partial charge is 0.461 e. The van der Waals surface area contributed by atoms with E-state index in [1.54, 1.807) is 23.0 Å². The number of carbonyl (C=O) groups is 2. The van der Waals surface area contributed by atoms with E-state index in [-0.39, 0.29) is 25.2 Å². The van der Waals surface area contributed by atoms with Crippen molar-refractivity contribution in [2.24, 2.45) is 0 Å². The summed E-state index contributed by atoms with van der Waals surface area (Å²) in [5.74, 6) is -0.462. The number of carbonyl (C=O) groups excluding carboxylic acids is 2. The molecule has 0 radical (unpaired) electrons. The molecule has 0 aliphatic carbocycles. The van der Waals surface area contributed by atoms with Crippen LogP contribution in [0, 0.1) is 0 Å². The van der Waals surface area contributed by atoms with Gasteiger partial charge in [-0.3, -0.25) is 9.59 Å². The van der Waals surface area contributed by atoms with Crippen LogP contribution in [0.2, 0.25) is 0 Å². The van der Waals surface area contributed by atoms with Gasteiger partial charge in [0.2, 0.25) is 0 Å². The zero-order chi connectivity index (χ0) is 19.1. The molecule has 0 N–H and O–H groups in total. The van der Waals surface area contributed by atoms with Crippen LogP contribution >= 0.6 is 23.0 Å². The predicted molar refractivity (Wildman–Crippen MR) is 110 cm³/mol. The van der Waals surface area contributed by atoms with Crippen molar-refractivity contribution < 1.29 is 22.1 Å². The lowest BCUT2D eigenvalue weighted by Gasteiger charge is -2.25. The van der Waals surface area contributed by atoms with Gasteiger partial charge in [-0.1, -0.05) is 71.1 Å². The first kappa shape index (κ1) is 23.7. The predicted octanol–water partition coefficient (Wildman–Crippen LogP) is 5.67. The van der Waals surface area contributed by atoms with E-state index in [0.717, 1.165) is 12.8 Å². The van der Waals surface area contributed by atoms with Crippen molar-refractivity contribution in [3.63, 3.8) is 0 Å². The molecule has 0 spiro atoms. The summed E-state index contributed by atoms with van der Waals surface area (Å²) in [6.45, 7) is 2.60. The van der Waals surface area contributed by atoms with Gasteiger partial charge in [-0.2, -0.15) is 0 Å². The number of esters is 2. The molecule has 0 aromatic rings. The number of rotatable bonds is 16. The molecule has 152 valence electrons. The Balaban J connectivity index is 1.97. The van der Waals surface area contributed by atoms with Crippen molar-refractivity contribution in [2.75, 3.05) is 13.2 Å². The van der Waals surface area contributed by atoms with Crippen molar-refractivity contribution in [1.29, 1.82) is 0 Å². The van der Waals surface area contributed by atoms with E-state index in [1.807, 2.05) is 0 Å². The molecule has 6 heteroatoms. The molecule has 1 fully saturated rings. The molecule has 0 aromatic carbocycles. The van der Waals surface area contributed by atoms with Gasteiger partial charge in [-0.15, -0.1) is 0 Å². The van der Waals surface area contributed by atoms with Gasteiger partial charge in [0.05, 0.1) is 0 Å². The van der Waals surface area contributed by atoms with Crippen molar-refractivity contribution >= 4 is 34.9 Å². The molecule has 0 amide bonds. The second kappa shape index (κ2) is 14.7. The lowest BCUT2D eigenvalue weighted by molar-refractivity contribution is -0.165. The number of ether oxygens (including phenoxy) is 2. The molecule has 1 unspecified atom stereocenters. The monoisotopic (exact) mass is 482 g/mol. The van der Waals surface area contributed by atoms with Gasteiger partial charge >= 0.3 is 11.9 Å². The maximum Gasteiger partial charge on any atom is 0.306 e. The molecule has 1 heterocycles. The third kappa shape index (κ3) is 10.7. The van der Waals surface area contributed by atoms with Crippen LogP contribution in [0.1, 0.15) is 96.8 Å². The first-order valence-electron chi connectivity index (χ1n) is 10.2. The molecule has 1 atom stereocenters. The zero-order valence-electron chi connectivity index (χ0n) is 16.2. The van der Waals surface area contributed by atoms with E-state index in [9.17, 15) is 9.59 Å². The fourth-order valence-corrected chi connectivity index (χ4v) is 3.80. The average Bonchev–Trinajstić information content (AvgIpc) is 2.99. The number of halogens is 1. The number of cyclic esters (lactones) is 1. The maximum absolute atomic E-state index is 11.9. The zero-order valence-corrected chi connectivity index (χ0v) is 18.4. The highest BCUT2D eigenvalue weighted by atomic mass is 127. The van der Waals surface area contributed by atoms with E-state index in [2.05, 4.69) is 6.92 Å². The van der Waals surface area contributed by atoms with E-state index >= 15 is 0 Å². The molecule has 0 saturated carbocycles. The Bertz CT molecular complexity index is 402. The lowest BCUT2D eigenvalue weighted by atomic mass is 10.0. The molecule has 1 aliphatic rings. The number of hydrogen-bond donors (Lipinski definition) is 0. The summed E-state index contributed by atoms with van der Waals surface area (Å²) in [6.07, 6.45) is 15.1. The Morgan fingerprint density at radius 3 is 2.08 bits per heavy atom. The van der Waals surface area contributed by atoms with Gasteiger partial charge in [0.1, 0.15) is 36.2 Å². The minimum atomic E-state index is -0.787. The number of unbranched alkanes of at least 4 members (excludes halogenated alkanes) is 10. The van der Waals surface area contributed by atoms with Gasteiger partial charge < -0.3 is 12.5 Å². The van der Waals surface area contributed by atoms with Crippen LogP contribution in [0.4, 0.5) is 0 Å². The molecular formula is C20H35IO5. The summed E-state index contributed by atoms with van der Waals surface area (Å²) < 4.78 is 15.7. The third-order valence-corrected chi connectivity index (χ3v) is 5.22. The Labute approximate surface area is 172 Å². The van der Waals surface area contributed by atoms with Gasteiger partial charge in [-0.25, -0.2) is 0 Å². The van der Waals surface area contributed by atoms with Crippen LogP contribution in [0.25, 0.3) is 0 Å². The Morgan fingerprint density at radius 1 is 1.00 bits per heavy atom. The Morgan fingerprint density at radius 2 is 1.58 bits per heavy atom. The fourth-order valence-electron chi connectivity index (χ4n) is 3.24. The summed E-state index contributed by atoms with van der Waals surface area (Å²) in [7, 11) is 0. The smallest absolute Gasteiger partial charge is 0.306 e. The minimum absolute atomic E-state index is 0.0958. The van der Waals surface area contributed by atoms with Crippen LogP contribution in [-0.4, -0.2) is 30.8 Å². The summed E-state index contributed by atoms with van der Waals surface area (Å²) >= 11 is 1.77. The standard InChI is InChI=1S/C20H35IO5/c1-2-3-4-5-6-7-8-9-10-11-12-13-18(22)24-16-20(17-25-21)15-14-19(23)26-20/h2-17H2,1H3. The van der Waals surface area contributed by atoms with E-state index in [4.69, 9.17) is 12.5 Å². The second-order valence-corrected chi connectivity index (χ2v) is 7.98. The van der Waals surface area contributed by atoms with Crippen molar-refractivity contribution in [1.82, 2.24) is 0 Å². The van der Waals surface area contributed by atoms with Gasteiger partial charge in [0.15, 0.2) is 5.60 Å². The molecule has 1 saturated heterocycles. The van der Waals surface area contributed by atoms with Gasteiger partial charge in [-0.05, 0) is 6.42 Å². The highest BCUT2D eigenvalue weighted by molar-refractivity contribution is 14.1. The minimum Gasteiger partial charge on any atom is -0.461 e. The van der Waals surface area contributed by atoms with Crippen LogP contribution in [0.3, 0.4) is 0 Å². The lowest BCUT2D eigenvalue weighted by Crippen LogP contribution is -2.39. The van der Waals surface area contributed by atoms with E-state index in [0.29, 0.717) is 19.3 Å². The Kier molecular flexibility index (Phi) is 13.3. The molecule has 26 heavy (non-hydrogen) atoms. The highest BCUT2D eigenvalue weighted by Crippen LogP contribution is 2.28. The Hall–Kier alpha value is -0.370. The van der Waals surface area contributed by atoms with Crippen molar-refractivity contribution in [3.05, 3.63) is 0 Å². The second-order valence-electron chi connectivity index (χ2n) is 7.36. The molecule has 5 nitrogen and oxygen atoms in total. The normalized spacial score (nSPS) is 19.5. The molecule has 1 aliphatic heterocycles. The third-order valence-electron chi connectivity index (χ3n) is 4.91. The van der Waals surface area contributed by atoms with Crippen molar-refractivity contribution in [2.45, 2.75) is 102 Å². The summed E-state index contributed by atoms with van der Waals surface area (Å²) in [6, 6.07) is 0. The topological polar surface area (TPSA) is 61.8 Å². The summed E-state index contributed by atoms with van der Waals surface area (Å²) in [5, 5.41) is 0.